The van der Waals surface area contributed by atoms with E-state index in [0.29, 0.717) is 19.6 Å². The molecule has 1 saturated heterocycles. The number of ether oxygens (including phenoxy) is 2. The number of esters is 1. The van der Waals surface area contributed by atoms with Gasteiger partial charge in [-0.1, -0.05) is 0 Å². The number of carbonyl (C=O) groups excluding carboxylic acids is 1. The number of nitrogens with zero attached hydrogens (tertiary/aromatic N) is 1. The molecule has 0 radical (unpaired) electrons. The van der Waals surface area contributed by atoms with E-state index in [2.05, 4.69) is 10.1 Å². The molecule has 7 nitrogen and oxygen atoms in total. The van der Waals surface area contributed by atoms with Crippen molar-refractivity contribution in [1.82, 2.24) is 9.62 Å². The Balaban J connectivity index is 0.00000264. The van der Waals surface area contributed by atoms with Gasteiger partial charge in [0.05, 0.1) is 19.1 Å². The van der Waals surface area contributed by atoms with Gasteiger partial charge < -0.3 is 14.8 Å². The number of piperazine rings is 1. The largest absolute Gasteiger partial charge is 0.496 e. The summed E-state index contributed by atoms with van der Waals surface area (Å²) in [6.07, 6.45) is 0. The topological polar surface area (TPSA) is 84.9 Å². The molecule has 2 rings (SSSR count). The van der Waals surface area contributed by atoms with Crippen LogP contribution in [0.3, 0.4) is 0 Å². The summed E-state index contributed by atoms with van der Waals surface area (Å²) >= 11 is 0. The fourth-order valence-corrected chi connectivity index (χ4v) is 3.94. The zero-order chi connectivity index (χ0) is 16.3. The van der Waals surface area contributed by atoms with Crippen LogP contribution >= 0.6 is 12.4 Å². The van der Waals surface area contributed by atoms with Gasteiger partial charge in [-0.3, -0.25) is 0 Å². The van der Waals surface area contributed by atoms with Gasteiger partial charge in [0.15, 0.2) is 0 Å². The van der Waals surface area contributed by atoms with Gasteiger partial charge in [0.1, 0.15) is 11.3 Å². The minimum absolute atomic E-state index is 0. The summed E-state index contributed by atoms with van der Waals surface area (Å²) in [5.41, 5.74) is 0.0919. The van der Waals surface area contributed by atoms with E-state index < -0.39 is 16.0 Å². The molecular weight excluding hydrogens is 344 g/mol. The Bertz CT molecular complexity index is 665. The maximum Gasteiger partial charge on any atom is 0.341 e. The normalized spacial score (nSPS) is 18.8. The summed E-state index contributed by atoms with van der Waals surface area (Å²) in [5.74, 6) is -0.359. The number of rotatable bonds is 4. The first-order chi connectivity index (χ1) is 10.4. The fourth-order valence-electron chi connectivity index (χ4n) is 2.38. The highest BCUT2D eigenvalue weighted by Crippen LogP contribution is 2.25. The minimum atomic E-state index is -3.65. The number of hydrogen-bond acceptors (Lipinski definition) is 6. The first kappa shape index (κ1) is 19.7. The molecule has 130 valence electrons. The lowest BCUT2D eigenvalue weighted by atomic mass is 10.2. The van der Waals surface area contributed by atoms with E-state index in [9.17, 15) is 13.2 Å². The first-order valence-corrected chi connectivity index (χ1v) is 8.34. The molecule has 0 aromatic heterocycles. The van der Waals surface area contributed by atoms with Crippen LogP contribution in [0.4, 0.5) is 0 Å². The van der Waals surface area contributed by atoms with E-state index in [1.54, 1.807) is 0 Å². The number of sulfonamides is 1. The molecule has 1 heterocycles. The van der Waals surface area contributed by atoms with Gasteiger partial charge in [0.25, 0.3) is 0 Å². The van der Waals surface area contributed by atoms with Crippen LogP contribution in [0.5, 0.6) is 5.75 Å². The third-order valence-corrected chi connectivity index (χ3v) is 5.41. The third kappa shape index (κ3) is 4.14. The molecule has 1 aromatic rings. The van der Waals surface area contributed by atoms with Gasteiger partial charge in [-0.2, -0.15) is 4.31 Å². The Hall–Kier alpha value is -1.35. The van der Waals surface area contributed by atoms with Gasteiger partial charge in [0.2, 0.25) is 10.0 Å². The molecule has 0 aliphatic carbocycles. The molecule has 1 aliphatic rings. The predicted octanol–water partition coefficient (Wildman–Crippen LogP) is 0.886. The lowest BCUT2D eigenvalue weighted by Gasteiger charge is -2.31. The van der Waals surface area contributed by atoms with E-state index in [4.69, 9.17) is 4.74 Å². The van der Waals surface area contributed by atoms with E-state index in [-0.39, 0.29) is 34.7 Å². The van der Waals surface area contributed by atoms with Crippen molar-refractivity contribution in [2.75, 3.05) is 33.9 Å². The average molecular weight is 365 g/mol. The second-order valence-electron chi connectivity index (χ2n) is 5.07. The zero-order valence-electron chi connectivity index (χ0n) is 13.2. The third-order valence-electron chi connectivity index (χ3n) is 3.55. The quantitative estimate of drug-likeness (QED) is 0.798. The van der Waals surface area contributed by atoms with Crippen LogP contribution in [-0.2, 0) is 14.8 Å². The summed E-state index contributed by atoms with van der Waals surface area (Å²) in [5, 5.41) is 3.19. The van der Waals surface area contributed by atoms with E-state index >= 15 is 0 Å². The number of halogens is 1. The predicted molar refractivity (Wildman–Crippen MR) is 87.8 cm³/mol. The summed E-state index contributed by atoms with van der Waals surface area (Å²) in [4.78, 5) is 11.8. The molecule has 0 spiro atoms. The molecule has 1 atom stereocenters. The minimum Gasteiger partial charge on any atom is -0.496 e. The Morgan fingerprint density at radius 2 is 2.04 bits per heavy atom. The highest BCUT2D eigenvalue weighted by Gasteiger charge is 2.29. The molecule has 9 heteroatoms. The Morgan fingerprint density at radius 1 is 1.35 bits per heavy atom. The molecule has 1 unspecified atom stereocenters. The second-order valence-corrected chi connectivity index (χ2v) is 7.01. The lowest BCUT2D eigenvalue weighted by Crippen LogP contribution is -2.51. The van der Waals surface area contributed by atoms with Gasteiger partial charge in [-0.25, -0.2) is 13.2 Å². The average Bonchev–Trinajstić information content (AvgIpc) is 2.53. The molecule has 0 saturated carbocycles. The highest BCUT2D eigenvalue weighted by molar-refractivity contribution is 7.89. The van der Waals surface area contributed by atoms with Crippen LogP contribution in [0.1, 0.15) is 17.3 Å². The maximum atomic E-state index is 12.7. The highest BCUT2D eigenvalue weighted by atomic mass is 35.5. The van der Waals surface area contributed by atoms with Crippen LogP contribution in [0.2, 0.25) is 0 Å². The molecule has 1 aromatic carbocycles. The monoisotopic (exact) mass is 364 g/mol. The standard InChI is InChI=1S/C14H20N2O5S.ClH/c1-10-9-16(7-6-15-10)22(18,19)11-4-5-13(20-2)12(8-11)14(17)21-3;/h4-5,8,10,15H,6-7,9H2,1-3H3;1H. The summed E-state index contributed by atoms with van der Waals surface area (Å²) in [6.45, 7) is 3.31. The molecule has 0 amide bonds. The van der Waals surface area contributed by atoms with Crippen molar-refractivity contribution in [2.24, 2.45) is 0 Å². The molecule has 1 aliphatic heterocycles. The van der Waals surface area contributed by atoms with Crippen LogP contribution in [0.15, 0.2) is 23.1 Å². The molecule has 1 fully saturated rings. The molecular formula is C14H21ClN2O5S. The lowest BCUT2D eigenvalue weighted by molar-refractivity contribution is 0.0596. The Kier molecular flexibility index (Phi) is 6.82. The van der Waals surface area contributed by atoms with Crippen LogP contribution in [-0.4, -0.2) is 58.6 Å². The molecule has 23 heavy (non-hydrogen) atoms. The zero-order valence-corrected chi connectivity index (χ0v) is 14.9. The summed E-state index contributed by atoms with van der Waals surface area (Å²) in [6, 6.07) is 4.28. The summed E-state index contributed by atoms with van der Waals surface area (Å²) < 4.78 is 36.6. The number of nitrogens with one attached hydrogen (secondary N) is 1. The molecule has 0 bridgehead atoms. The van der Waals surface area contributed by atoms with E-state index in [1.165, 1.54) is 36.7 Å². The molecule has 1 N–H and O–H groups in total. The van der Waals surface area contributed by atoms with Crippen molar-refractivity contribution in [1.29, 1.82) is 0 Å². The van der Waals surface area contributed by atoms with Crippen LogP contribution in [0.25, 0.3) is 0 Å². The Morgan fingerprint density at radius 3 is 2.61 bits per heavy atom. The van der Waals surface area contributed by atoms with Gasteiger partial charge in [-0.15, -0.1) is 12.4 Å². The van der Waals surface area contributed by atoms with Crippen LogP contribution in [0, 0.1) is 0 Å². The van der Waals surface area contributed by atoms with Crippen molar-refractivity contribution in [2.45, 2.75) is 17.9 Å². The smallest absolute Gasteiger partial charge is 0.341 e. The van der Waals surface area contributed by atoms with Crippen molar-refractivity contribution in [3.63, 3.8) is 0 Å². The SMILES string of the molecule is COC(=O)c1cc(S(=O)(=O)N2CCNC(C)C2)ccc1OC.Cl. The number of hydrogen-bond donors (Lipinski definition) is 1. The fraction of sp³-hybridized carbons (Fsp3) is 0.500. The number of carbonyl (C=O) groups is 1. The second kappa shape index (κ2) is 7.96. The number of methoxy groups -OCH3 is 2. The van der Waals surface area contributed by atoms with Crippen molar-refractivity contribution in [3.8, 4) is 5.75 Å². The summed E-state index contributed by atoms with van der Waals surface area (Å²) in [7, 11) is -1.01. The van der Waals surface area contributed by atoms with Gasteiger partial charge in [-0.05, 0) is 25.1 Å². The maximum absolute atomic E-state index is 12.7. The van der Waals surface area contributed by atoms with Gasteiger partial charge in [0, 0.05) is 25.7 Å². The van der Waals surface area contributed by atoms with E-state index in [0.717, 1.165) is 0 Å². The number of benzene rings is 1. The van der Waals surface area contributed by atoms with E-state index in [1.807, 2.05) is 6.92 Å². The first-order valence-electron chi connectivity index (χ1n) is 6.90. The van der Waals surface area contributed by atoms with Crippen molar-refractivity contribution >= 4 is 28.4 Å². The Labute approximate surface area is 142 Å². The van der Waals surface area contributed by atoms with Gasteiger partial charge >= 0.3 is 5.97 Å². The van der Waals surface area contributed by atoms with Crippen molar-refractivity contribution in [3.05, 3.63) is 23.8 Å². The van der Waals surface area contributed by atoms with Crippen molar-refractivity contribution < 1.29 is 22.7 Å². The van der Waals surface area contributed by atoms with Crippen LogP contribution < -0.4 is 10.1 Å².